The molecule has 1 aliphatic carbocycles. The van der Waals surface area contributed by atoms with Crippen molar-refractivity contribution in [2.75, 3.05) is 5.32 Å². The number of benzene rings is 1. The van der Waals surface area contributed by atoms with Crippen molar-refractivity contribution in [3.05, 3.63) is 28.2 Å². The number of hydrogen-bond donors (Lipinski definition) is 3. The Labute approximate surface area is 119 Å². The molecule has 1 aromatic rings. The Kier molecular flexibility index (Phi) is 3.87. The molecule has 1 saturated carbocycles. The fraction of sp³-hybridized carbons (Fsp3) is 0.333. The number of urea groups is 1. The van der Waals surface area contributed by atoms with Gasteiger partial charge in [0.05, 0.1) is 15.7 Å². The third kappa shape index (κ3) is 2.77. The van der Waals surface area contributed by atoms with Crippen LogP contribution in [0.5, 0.6) is 0 Å². The van der Waals surface area contributed by atoms with E-state index in [4.69, 9.17) is 28.3 Å². The highest BCUT2D eigenvalue weighted by Crippen LogP contribution is 2.33. The second kappa shape index (κ2) is 5.27. The van der Waals surface area contributed by atoms with E-state index in [2.05, 4.69) is 10.6 Å². The molecule has 0 atom stereocenters. The lowest BCUT2D eigenvalue weighted by Crippen LogP contribution is -2.60. The van der Waals surface area contributed by atoms with Crippen molar-refractivity contribution in [2.24, 2.45) is 0 Å². The quantitative estimate of drug-likeness (QED) is 0.802. The number of rotatable bonds is 3. The van der Waals surface area contributed by atoms with E-state index in [0.717, 1.165) is 6.42 Å². The van der Waals surface area contributed by atoms with Crippen LogP contribution in [0.25, 0.3) is 0 Å². The van der Waals surface area contributed by atoms with Gasteiger partial charge in [0.15, 0.2) is 0 Å². The van der Waals surface area contributed by atoms with Gasteiger partial charge in [0.2, 0.25) is 0 Å². The second-order valence-corrected chi connectivity index (χ2v) is 5.21. The summed E-state index contributed by atoms with van der Waals surface area (Å²) < 4.78 is 0. The van der Waals surface area contributed by atoms with Gasteiger partial charge < -0.3 is 15.7 Å². The molecular weight excluding hydrogens is 291 g/mol. The number of anilines is 1. The fourth-order valence-electron chi connectivity index (χ4n) is 1.89. The summed E-state index contributed by atoms with van der Waals surface area (Å²) in [5.74, 6) is -1.02. The van der Waals surface area contributed by atoms with Crippen LogP contribution >= 0.6 is 23.2 Å². The number of carbonyl (C=O) groups is 2. The van der Waals surface area contributed by atoms with E-state index in [9.17, 15) is 9.59 Å². The summed E-state index contributed by atoms with van der Waals surface area (Å²) in [5, 5.41) is 14.6. The minimum atomic E-state index is -1.16. The molecule has 0 saturated heterocycles. The highest BCUT2D eigenvalue weighted by atomic mass is 35.5. The lowest BCUT2D eigenvalue weighted by molar-refractivity contribution is -0.148. The first-order valence-corrected chi connectivity index (χ1v) is 6.47. The minimum Gasteiger partial charge on any atom is -0.480 e. The van der Waals surface area contributed by atoms with E-state index in [1.807, 2.05) is 0 Å². The van der Waals surface area contributed by atoms with Gasteiger partial charge in [-0.15, -0.1) is 0 Å². The summed E-state index contributed by atoms with van der Waals surface area (Å²) in [6.45, 7) is 0. The van der Waals surface area contributed by atoms with Crippen LogP contribution in [0, 0.1) is 0 Å². The molecule has 1 aliphatic rings. The zero-order valence-electron chi connectivity index (χ0n) is 9.87. The second-order valence-electron chi connectivity index (χ2n) is 4.42. The van der Waals surface area contributed by atoms with Crippen molar-refractivity contribution < 1.29 is 14.7 Å². The van der Waals surface area contributed by atoms with Gasteiger partial charge in [-0.1, -0.05) is 29.3 Å². The molecule has 1 fully saturated rings. The average Bonchev–Trinajstić information content (AvgIpc) is 2.29. The molecule has 0 spiro atoms. The number of halogens is 2. The first-order chi connectivity index (χ1) is 8.94. The average molecular weight is 303 g/mol. The predicted octanol–water partition coefficient (Wildman–Crippen LogP) is 3.12. The first kappa shape index (κ1) is 14.0. The van der Waals surface area contributed by atoms with Crippen molar-refractivity contribution in [3.63, 3.8) is 0 Å². The molecule has 0 aromatic heterocycles. The van der Waals surface area contributed by atoms with E-state index < -0.39 is 17.5 Å². The maximum absolute atomic E-state index is 11.8. The molecule has 2 amide bonds. The van der Waals surface area contributed by atoms with Gasteiger partial charge >= 0.3 is 12.0 Å². The Bertz CT molecular complexity index is 530. The molecule has 0 heterocycles. The van der Waals surface area contributed by atoms with E-state index in [0.29, 0.717) is 23.6 Å². The lowest BCUT2D eigenvalue weighted by Gasteiger charge is -2.38. The summed E-state index contributed by atoms with van der Waals surface area (Å²) in [6, 6.07) is 4.21. The Morgan fingerprint density at radius 2 is 1.95 bits per heavy atom. The summed E-state index contributed by atoms with van der Waals surface area (Å²) in [6.07, 6.45) is 1.64. The number of hydrogen-bond acceptors (Lipinski definition) is 2. The third-order valence-electron chi connectivity index (χ3n) is 3.17. The van der Waals surface area contributed by atoms with E-state index in [1.54, 1.807) is 18.2 Å². The summed E-state index contributed by atoms with van der Waals surface area (Å²) >= 11 is 11.7. The molecule has 0 bridgehead atoms. The number of carbonyl (C=O) groups excluding carboxylic acids is 1. The molecule has 1 aromatic carbocycles. The highest BCUT2D eigenvalue weighted by Gasteiger charge is 2.45. The fourth-order valence-corrected chi connectivity index (χ4v) is 2.24. The normalized spacial score (nSPS) is 16.3. The van der Waals surface area contributed by atoms with Gasteiger partial charge in [-0.05, 0) is 31.4 Å². The Morgan fingerprint density at radius 1 is 1.26 bits per heavy atom. The Morgan fingerprint density at radius 3 is 2.47 bits per heavy atom. The van der Waals surface area contributed by atoms with Crippen LogP contribution in [0.2, 0.25) is 10.0 Å². The van der Waals surface area contributed by atoms with Crippen LogP contribution in [0.4, 0.5) is 10.5 Å². The summed E-state index contributed by atoms with van der Waals surface area (Å²) in [7, 11) is 0. The number of amides is 2. The maximum atomic E-state index is 11.8. The molecule has 7 heteroatoms. The van der Waals surface area contributed by atoms with Crippen LogP contribution in [-0.4, -0.2) is 22.6 Å². The van der Waals surface area contributed by atoms with E-state index in [1.165, 1.54) is 0 Å². The standard InChI is InChI=1S/C12H12Cl2N2O3/c13-7-3-1-4-8(9(7)14)15-11(19)16-12(10(17)18)5-2-6-12/h1,3-4H,2,5-6H2,(H,17,18)(H2,15,16,19). The van der Waals surface area contributed by atoms with Crippen molar-refractivity contribution >= 4 is 40.9 Å². The van der Waals surface area contributed by atoms with Crippen LogP contribution < -0.4 is 10.6 Å². The monoisotopic (exact) mass is 302 g/mol. The zero-order chi connectivity index (χ0) is 14.0. The first-order valence-electron chi connectivity index (χ1n) is 5.71. The van der Waals surface area contributed by atoms with Crippen molar-refractivity contribution in [1.29, 1.82) is 0 Å². The van der Waals surface area contributed by atoms with Gasteiger partial charge in [0.25, 0.3) is 0 Å². The number of nitrogens with one attached hydrogen (secondary N) is 2. The molecule has 0 unspecified atom stereocenters. The SMILES string of the molecule is O=C(Nc1cccc(Cl)c1Cl)NC1(C(=O)O)CCC1. The molecule has 0 aliphatic heterocycles. The van der Waals surface area contributed by atoms with Crippen LogP contribution in [0.3, 0.4) is 0 Å². The van der Waals surface area contributed by atoms with Crippen LogP contribution in [0.1, 0.15) is 19.3 Å². The highest BCUT2D eigenvalue weighted by molar-refractivity contribution is 6.43. The topological polar surface area (TPSA) is 78.4 Å². The Hall–Kier alpha value is -1.46. The molecule has 0 radical (unpaired) electrons. The number of carboxylic acids is 1. The van der Waals surface area contributed by atoms with Gasteiger partial charge in [-0.3, -0.25) is 0 Å². The lowest BCUT2D eigenvalue weighted by atomic mass is 9.77. The molecule has 3 N–H and O–H groups in total. The number of aliphatic carboxylic acids is 1. The largest absolute Gasteiger partial charge is 0.480 e. The molecular formula is C12H12Cl2N2O3. The maximum Gasteiger partial charge on any atom is 0.329 e. The molecule has 19 heavy (non-hydrogen) atoms. The van der Waals surface area contributed by atoms with Crippen molar-refractivity contribution in [2.45, 2.75) is 24.8 Å². The van der Waals surface area contributed by atoms with Gasteiger partial charge in [0.1, 0.15) is 5.54 Å². The van der Waals surface area contributed by atoms with Gasteiger partial charge in [-0.2, -0.15) is 0 Å². The van der Waals surface area contributed by atoms with Gasteiger partial charge in [-0.25, -0.2) is 9.59 Å². The third-order valence-corrected chi connectivity index (χ3v) is 3.99. The van der Waals surface area contributed by atoms with Gasteiger partial charge in [0, 0.05) is 0 Å². The van der Waals surface area contributed by atoms with Crippen LogP contribution in [-0.2, 0) is 4.79 Å². The van der Waals surface area contributed by atoms with Crippen molar-refractivity contribution in [1.82, 2.24) is 5.32 Å². The van der Waals surface area contributed by atoms with Crippen LogP contribution in [0.15, 0.2) is 18.2 Å². The smallest absolute Gasteiger partial charge is 0.329 e. The summed E-state index contributed by atoms with van der Waals surface area (Å²) in [5.41, 5.74) is -0.818. The predicted molar refractivity (Wildman–Crippen MR) is 72.8 cm³/mol. The molecule has 2 rings (SSSR count). The Balaban J connectivity index is 2.06. The minimum absolute atomic E-state index is 0.220. The zero-order valence-corrected chi connectivity index (χ0v) is 11.4. The molecule has 5 nitrogen and oxygen atoms in total. The summed E-state index contributed by atoms with van der Waals surface area (Å²) in [4.78, 5) is 22.9. The number of carboxylic acid groups (broad SMARTS) is 1. The van der Waals surface area contributed by atoms with E-state index in [-0.39, 0.29) is 5.02 Å². The molecule has 102 valence electrons. The van der Waals surface area contributed by atoms with Crippen molar-refractivity contribution in [3.8, 4) is 0 Å². The van der Waals surface area contributed by atoms with E-state index >= 15 is 0 Å².